The number of hydrogen-bond acceptors (Lipinski definition) is 6. The molecule has 21 heavy (non-hydrogen) atoms. The molecule has 0 aliphatic heterocycles. The Kier molecular flexibility index (Phi) is 4.94. The van der Waals surface area contributed by atoms with Crippen LogP contribution >= 0.6 is 0 Å². The number of carbonyl (C=O) groups excluding carboxylic acids is 1. The number of para-hydroxylation sites is 1. The quantitative estimate of drug-likeness (QED) is 0.496. The van der Waals surface area contributed by atoms with Gasteiger partial charge in [0.25, 0.3) is 0 Å². The van der Waals surface area contributed by atoms with Crippen molar-refractivity contribution in [1.29, 1.82) is 0 Å². The van der Waals surface area contributed by atoms with Crippen molar-refractivity contribution in [2.75, 3.05) is 19.8 Å². The van der Waals surface area contributed by atoms with Crippen LogP contribution in [-0.4, -0.2) is 30.9 Å². The number of fused-ring (bicyclic) bond motifs is 1. The summed E-state index contributed by atoms with van der Waals surface area (Å²) in [5.74, 6) is -0.312. The zero-order chi connectivity index (χ0) is 15.2. The first kappa shape index (κ1) is 15.1. The number of rotatable bonds is 6. The van der Waals surface area contributed by atoms with Crippen LogP contribution in [0.2, 0.25) is 0 Å². The second-order valence-corrected chi connectivity index (χ2v) is 4.27. The van der Waals surface area contributed by atoms with Crippen LogP contribution in [0.1, 0.15) is 23.7 Å². The molecule has 0 aliphatic rings. The molecule has 0 unspecified atom stereocenters. The average molecular weight is 292 g/mol. The molecule has 0 saturated carbocycles. The van der Waals surface area contributed by atoms with Gasteiger partial charge in [0, 0.05) is 18.4 Å². The Bertz CT molecular complexity index is 688. The van der Waals surface area contributed by atoms with Gasteiger partial charge >= 0.3 is 11.6 Å². The summed E-state index contributed by atoms with van der Waals surface area (Å²) in [5.41, 5.74) is -0.635. The molecular formula is C15H16O6. The number of ether oxygens (including phenoxy) is 2. The lowest BCUT2D eigenvalue weighted by atomic mass is 10.2. The highest BCUT2D eigenvalue weighted by molar-refractivity contribution is 5.93. The highest BCUT2D eigenvalue weighted by Crippen LogP contribution is 2.25. The van der Waals surface area contributed by atoms with Gasteiger partial charge in [0.1, 0.15) is 5.56 Å². The number of carbonyl (C=O) groups is 1. The third-order valence-electron chi connectivity index (χ3n) is 2.78. The molecular weight excluding hydrogens is 276 g/mol. The van der Waals surface area contributed by atoms with Gasteiger partial charge in [0.2, 0.25) is 0 Å². The van der Waals surface area contributed by atoms with E-state index in [0.29, 0.717) is 24.2 Å². The van der Waals surface area contributed by atoms with Gasteiger partial charge in [-0.1, -0.05) is 12.1 Å². The molecule has 2 aromatic rings. The second kappa shape index (κ2) is 6.90. The molecule has 0 atom stereocenters. The van der Waals surface area contributed by atoms with Gasteiger partial charge in [-0.2, -0.15) is 0 Å². The zero-order valence-electron chi connectivity index (χ0n) is 11.6. The first-order valence-electron chi connectivity index (χ1n) is 6.65. The van der Waals surface area contributed by atoms with E-state index in [9.17, 15) is 9.59 Å². The largest absolute Gasteiger partial charge is 0.490 e. The molecule has 6 nitrogen and oxygen atoms in total. The lowest BCUT2D eigenvalue weighted by Gasteiger charge is -2.08. The summed E-state index contributed by atoms with van der Waals surface area (Å²) < 4.78 is 15.4. The summed E-state index contributed by atoms with van der Waals surface area (Å²) in [5, 5.41) is 9.31. The van der Waals surface area contributed by atoms with E-state index >= 15 is 0 Å². The zero-order valence-corrected chi connectivity index (χ0v) is 11.6. The van der Waals surface area contributed by atoms with Crippen LogP contribution in [0.25, 0.3) is 11.0 Å². The molecule has 112 valence electrons. The number of esters is 1. The van der Waals surface area contributed by atoms with Gasteiger partial charge in [-0.25, -0.2) is 9.59 Å². The van der Waals surface area contributed by atoms with Crippen molar-refractivity contribution in [1.82, 2.24) is 0 Å². The molecule has 1 aromatic carbocycles. The monoisotopic (exact) mass is 292 g/mol. The maximum Gasteiger partial charge on any atom is 0.351 e. The Morgan fingerprint density at radius 2 is 2.19 bits per heavy atom. The van der Waals surface area contributed by atoms with Gasteiger partial charge in [-0.3, -0.25) is 0 Å². The minimum atomic E-state index is -0.765. The molecule has 1 N–H and O–H groups in total. The lowest BCUT2D eigenvalue weighted by Crippen LogP contribution is -2.16. The fraction of sp³-hybridized carbons (Fsp3) is 0.333. The maximum absolute atomic E-state index is 11.9. The first-order chi connectivity index (χ1) is 10.2. The van der Waals surface area contributed by atoms with Crippen LogP contribution in [0, 0.1) is 0 Å². The van der Waals surface area contributed by atoms with Crippen LogP contribution in [0.4, 0.5) is 0 Å². The molecule has 0 radical (unpaired) electrons. The highest BCUT2D eigenvalue weighted by atomic mass is 16.5. The second-order valence-electron chi connectivity index (χ2n) is 4.27. The molecule has 0 bridgehead atoms. The van der Waals surface area contributed by atoms with Crippen molar-refractivity contribution in [3.8, 4) is 5.75 Å². The van der Waals surface area contributed by atoms with Crippen LogP contribution in [0.5, 0.6) is 5.75 Å². The number of aliphatic hydroxyl groups excluding tert-OH is 1. The van der Waals surface area contributed by atoms with Gasteiger partial charge in [0.15, 0.2) is 11.3 Å². The number of aliphatic hydroxyl groups is 1. The van der Waals surface area contributed by atoms with Crippen LogP contribution in [-0.2, 0) is 4.74 Å². The van der Waals surface area contributed by atoms with Crippen LogP contribution in [0.15, 0.2) is 33.5 Å². The van der Waals surface area contributed by atoms with E-state index in [-0.39, 0.29) is 24.4 Å². The normalized spacial score (nSPS) is 10.6. The third kappa shape index (κ3) is 3.41. The molecule has 1 heterocycles. The molecule has 6 heteroatoms. The highest BCUT2D eigenvalue weighted by Gasteiger charge is 2.16. The van der Waals surface area contributed by atoms with Crippen molar-refractivity contribution in [3.05, 3.63) is 40.2 Å². The predicted molar refractivity (Wildman–Crippen MR) is 75.6 cm³/mol. The molecule has 0 fully saturated rings. The van der Waals surface area contributed by atoms with E-state index < -0.39 is 11.6 Å². The van der Waals surface area contributed by atoms with E-state index in [0.717, 1.165) is 0 Å². The fourth-order valence-electron chi connectivity index (χ4n) is 1.83. The Morgan fingerprint density at radius 3 is 2.90 bits per heavy atom. The van der Waals surface area contributed by atoms with Gasteiger partial charge < -0.3 is 19.0 Å². The summed E-state index contributed by atoms with van der Waals surface area (Å²) >= 11 is 0. The summed E-state index contributed by atoms with van der Waals surface area (Å²) in [6, 6.07) is 6.52. The topological polar surface area (TPSA) is 86.0 Å². The molecule has 0 spiro atoms. The predicted octanol–water partition coefficient (Wildman–Crippen LogP) is 1.73. The van der Waals surface area contributed by atoms with Crippen molar-refractivity contribution >= 4 is 16.9 Å². The molecule has 2 rings (SSSR count). The fourth-order valence-corrected chi connectivity index (χ4v) is 1.83. The number of benzene rings is 1. The van der Waals surface area contributed by atoms with Crippen LogP contribution < -0.4 is 10.4 Å². The smallest absolute Gasteiger partial charge is 0.351 e. The third-order valence-corrected chi connectivity index (χ3v) is 2.78. The van der Waals surface area contributed by atoms with Crippen molar-refractivity contribution in [3.63, 3.8) is 0 Å². The Hall–Kier alpha value is -2.34. The SMILES string of the molecule is CCOC(=O)c1cc2cccc(OCCCO)c2oc1=O. The summed E-state index contributed by atoms with van der Waals surface area (Å²) in [4.78, 5) is 23.5. The van der Waals surface area contributed by atoms with Gasteiger partial charge in [0.05, 0.1) is 13.2 Å². The van der Waals surface area contributed by atoms with Gasteiger partial charge in [-0.15, -0.1) is 0 Å². The van der Waals surface area contributed by atoms with Crippen molar-refractivity contribution in [2.45, 2.75) is 13.3 Å². The van der Waals surface area contributed by atoms with Crippen molar-refractivity contribution < 1.29 is 23.8 Å². The van der Waals surface area contributed by atoms with E-state index in [2.05, 4.69) is 0 Å². The molecule has 0 saturated heterocycles. The lowest BCUT2D eigenvalue weighted by molar-refractivity contribution is 0.0521. The summed E-state index contributed by atoms with van der Waals surface area (Å²) in [7, 11) is 0. The minimum Gasteiger partial charge on any atom is -0.490 e. The van der Waals surface area contributed by atoms with E-state index in [1.165, 1.54) is 6.07 Å². The van der Waals surface area contributed by atoms with E-state index in [4.69, 9.17) is 19.0 Å². The van der Waals surface area contributed by atoms with Crippen molar-refractivity contribution in [2.24, 2.45) is 0 Å². The number of hydrogen-bond donors (Lipinski definition) is 1. The Labute approximate surface area is 120 Å². The first-order valence-corrected chi connectivity index (χ1v) is 6.65. The summed E-state index contributed by atoms with van der Waals surface area (Å²) in [6.45, 7) is 2.16. The minimum absolute atomic E-state index is 0.0156. The molecule has 0 aliphatic carbocycles. The Balaban J connectivity index is 2.41. The summed E-state index contributed by atoms with van der Waals surface area (Å²) in [6.07, 6.45) is 0.474. The van der Waals surface area contributed by atoms with Crippen LogP contribution in [0.3, 0.4) is 0 Å². The van der Waals surface area contributed by atoms with E-state index in [1.807, 2.05) is 0 Å². The standard InChI is InChI=1S/C15H16O6/c1-2-19-14(17)11-9-10-5-3-6-12(20-8-4-7-16)13(10)21-15(11)18/h3,5-6,9,16H,2,4,7-8H2,1H3. The van der Waals surface area contributed by atoms with E-state index in [1.54, 1.807) is 25.1 Å². The molecule has 1 aromatic heterocycles. The molecule has 0 amide bonds. The average Bonchev–Trinajstić information content (AvgIpc) is 2.47. The Morgan fingerprint density at radius 1 is 1.38 bits per heavy atom. The maximum atomic E-state index is 11.9. The van der Waals surface area contributed by atoms with Gasteiger partial charge in [-0.05, 0) is 19.1 Å².